The van der Waals surface area contributed by atoms with Crippen LogP contribution >= 0.6 is 0 Å². The Kier molecular flexibility index (Phi) is 4.43. The van der Waals surface area contributed by atoms with Crippen LogP contribution in [0.25, 0.3) is 21.8 Å². The summed E-state index contributed by atoms with van der Waals surface area (Å²) in [6, 6.07) is 8.50. The zero-order chi connectivity index (χ0) is 20.8. The lowest BCUT2D eigenvalue weighted by Gasteiger charge is -2.26. The van der Waals surface area contributed by atoms with Gasteiger partial charge in [0.2, 0.25) is 5.91 Å². The zero-order valence-electron chi connectivity index (χ0n) is 16.3. The Balaban J connectivity index is 1.52. The molecule has 3 amide bonds. The van der Waals surface area contributed by atoms with Gasteiger partial charge in [-0.2, -0.15) is 0 Å². The molecule has 0 aliphatic carbocycles. The van der Waals surface area contributed by atoms with Crippen molar-refractivity contribution in [2.45, 2.75) is 19.4 Å². The van der Waals surface area contributed by atoms with E-state index in [1.54, 1.807) is 24.3 Å². The summed E-state index contributed by atoms with van der Waals surface area (Å²) in [4.78, 5) is 38.8. The van der Waals surface area contributed by atoms with Gasteiger partial charge in [0.15, 0.2) is 0 Å². The van der Waals surface area contributed by atoms with E-state index in [1.807, 2.05) is 15.5 Å². The fourth-order valence-corrected chi connectivity index (χ4v) is 4.44. The van der Waals surface area contributed by atoms with E-state index in [0.29, 0.717) is 67.6 Å². The lowest BCUT2D eigenvalue weighted by atomic mass is 10.0. The summed E-state index contributed by atoms with van der Waals surface area (Å²) in [7, 11) is 0. The molecule has 0 radical (unpaired) electrons. The number of carbonyl (C=O) groups excluding carboxylic acids is 3. The normalized spacial score (nSPS) is 16.3. The molecule has 5 rings (SSSR count). The standard InChI is InChI=1S/C22H21N3O5/c26-13-3-5-16-15(12-13)19-17(6-4-14-20(19)22(29)23-21(14)28)25(16)7-1-2-18(27)24-8-10-30-11-9-24/h3-6,12,26H,1-2,7-11H2,(H,23,28,29). The summed E-state index contributed by atoms with van der Waals surface area (Å²) in [5.74, 6) is -0.631. The number of hydrogen-bond donors (Lipinski definition) is 2. The molecule has 0 saturated carbocycles. The number of benzene rings is 2. The van der Waals surface area contributed by atoms with Gasteiger partial charge in [0, 0.05) is 47.9 Å². The van der Waals surface area contributed by atoms with E-state index in [9.17, 15) is 19.5 Å². The lowest BCUT2D eigenvalue weighted by molar-refractivity contribution is -0.135. The number of hydrogen-bond acceptors (Lipinski definition) is 5. The molecular formula is C22H21N3O5. The van der Waals surface area contributed by atoms with E-state index < -0.39 is 11.8 Å². The third kappa shape index (κ3) is 2.91. The molecule has 1 fully saturated rings. The molecule has 2 aromatic carbocycles. The van der Waals surface area contributed by atoms with Gasteiger partial charge in [0.25, 0.3) is 11.8 Å². The van der Waals surface area contributed by atoms with Crippen molar-refractivity contribution in [1.29, 1.82) is 0 Å². The molecule has 2 aliphatic rings. The molecule has 0 unspecified atom stereocenters. The highest BCUT2D eigenvalue weighted by molar-refractivity contribution is 6.30. The molecule has 3 aromatic rings. The predicted molar refractivity (Wildman–Crippen MR) is 110 cm³/mol. The predicted octanol–water partition coefficient (Wildman–Crippen LogP) is 2.02. The van der Waals surface area contributed by atoms with Crippen LogP contribution < -0.4 is 5.32 Å². The Hall–Kier alpha value is -3.39. The van der Waals surface area contributed by atoms with E-state index in [0.717, 1.165) is 11.0 Å². The minimum atomic E-state index is -0.425. The highest BCUT2D eigenvalue weighted by Crippen LogP contribution is 2.36. The molecule has 2 aliphatic heterocycles. The number of imide groups is 1. The molecule has 0 spiro atoms. The second-order valence-electron chi connectivity index (χ2n) is 7.62. The molecule has 8 heteroatoms. The number of aromatic hydroxyl groups is 1. The Morgan fingerprint density at radius 1 is 1.07 bits per heavy atom. The maximum absolute atomic E-state index is 12.5. The maximum atomic E-state index is 12.5. The Labute approximate surface area is 172 Å². The van der Waals surface area contributed by atoms with Crippen LogP contribution in [0.3, 0.4) is 0 Å². The topological polar surface area (TPSA) is 101 Å². The van der Waals surface area contributed by atoms with Crippen LogP contribution in [0, 0.1) is 0 Å². The number of fused-ring (bicyclic) bond motifs is 5. The quantitative estimate of drug-likeness (QED) is 0.645. The highest BCUT2D eigenvalue weighted by atomic mass is 16.5. The number of nitrogens with one attached hydrogen (secondary N) is 1. The summed E-state index contributed by atoms with van der Waals surface area (Å²) in [5.41, 5.74) is 2.34. The second kappa shape index (κ2) is 7.14. The summed E-state index contributed by atoms with van der Waals surface area (Å²) >= 11 is 0. The van der Waals surface area contributed by atoms with Crippen molar-refractivity contribution in [1.82, 2.24) is 14.8 Å². The van der Waals surface area contributed by atoms with Crippen molar-refractivity contribution < 1.29 is 24.2 Å². The number of phenols is 1. The highest BCUT2D eigenvalue weighted by Gasteiger charge is 2.31. The largest absolute Gasteiger partial charge is 0.508 e. The fourth-order valence-electron chi connectivity index (χ4n) is 4.44. The van der Waals surface area contributed by atoms with Gasteiger partial charge in [-0.3, -0.25) is 19.7 Å². The molecule has 30 heavy (non-hydrogen) atoms. The molecule has 154 valence electrons. The van der Waals surface area contributed by atoms with Crippen LogP contribution in [0.2, 0.25) is 0 Å². The number of morpholine rings is 1. The smallest absolute Gasteiger partial charge is 0.259 e. The lowest BCUT2D eigenvalue weighted by Crippen LogP contribution is -2.40. The molecule has 1 aromatic heterocycles. The molecular weight excluding hydrogens is 386 g/mol. The van der Waals surface area contributed by atoms with Crippen molar-refractivity contribution >= 4 is 39.5 Å². The van der Waals surface area contributed by atoms with Gasteiger partial charge in [-0.15, -0.1) is 0 Å². The first kappa shape index (κ1) is 18.6. The van der Waals surface area contributed by atoms with E-state index >= 15 is 0 Å². The van der Waals surface area contributed by atoms with Gasteiger partial charge < -0.3 is 19.3 Å². The van der Waals surface area contributed by atoms with E-state index in [4.69, 9.17) is 4.74 Å². The van der Waals surface area contributed by atoms with Gasteiger partial charge in [-0.05, 0) is 36.8 Å². The average molecular weight is 407 g/mol. The van der Waals surface area contributed by atoms with Crippen molar-refractivity contribution in [3.05, 3.63) is 41.5 Å². The van der Waals surface area contributed by atoms with E-state index in [2.05, 4.69) is 5.32 Å². The Morgan fingerprint density at radius 3 is 2.63 bits per heavy atom. The minimum Gasteiger partial charge on any atom is -0.508 e. The van der Waals surface area contributed by atoms with Gasteiger partial charge in [-0.25, -0.2) is 0 Å². The zero-order valence-corrected chi connectivity index (χ0v) is 16.3. The van der Waals surface area contributed by atoms with Crippen LogP contribution in [0.4, 0.5) is 0 Å². The third-order valence-corrected chi connectivity index (χ3v) is 5.85. The molecule has 0 bridgehead atoms. The molecule has 1 saturated heterocycles. The Bertz CT molecular complexity index is 1210. The third-order valence-electron chi connectivity index (χ3n) is 5.85. The number of aromatic nitrogens is 1. The number of carbonyl (C=O) groups is 3. The molecule has 3 heterocycles. The number of nitrogens with zero attached hydrogens (tertiary/aromatic N) is 2. The maximum Gasteiger partial charge on any atom is 0.259 e. The number of ether oxygens (including phenoxy) is 1. The second-order valence-corrected chi connectivity index (χ2v) is 7.62. The van der Waals surface area contributed by atoms with Gasteiger partial charge in [-0.1, -0.05) is 0 Å². The van der Waals surface area contributed by atoms with Crippen molar-refractivity contribution in [2.24, 2.45) is 0 Å². The van der Waals surface area contributed by atoms with Crippen LogP contribution in [0.1, 0.15) is 33.6 Å². The number of rotatable bonds is 4. The first-order chi connectivity index (χ1) is 14.5. The van der Waals surface area contributed by atoms with Crippen LogP contribution in [-0.4, -0.2) is 58.6 Å². The molecule has 8 nitrogen and oxygen atoms in total. The van der Waals surface area contributed by atoms with Crippen LogP contribution in [0.15, 0.2) is 30.3 Å². The van der Waals surface area contributed by atoms with Crippen LogP contribution in [0.5, 0.6) is 5.75 Å². The van der Waals surface area contributed by atoms with Crippen molar-refractivity contribution in [2.75, 3.05) is 26.3 Å². The number of amides is 3. The summed E-state index contributed by atoms with van der Waals surface area (Å²) in [6.07, 6.45) is 1.06. The minimum absolute atomic E-state index is 0.0892. The monoisotopic (exact) mass is 407 g/mol. The van der Waals surface area contributed by atoms with Crippen molar-refractivity contribution in [3.8, 4) is 5.75 Å². The average Bonchev–Trinajstić information content (AvgIpc) is 3.22. The van der Waals surface area contributed by atoms with E-state index in [1.165, 1.54) is 0 Å². The van der Waals surface area contributed by atoms with Crippen LogP contribution in [-0.2, 0) is 16.1 Å². The SMILES string of the molecule is O=C1NC(=O)c2c1ccc1c2c2cc(O)ccc2n1CCCC(=O)N1CCOCC1. The van der Waals surface area contributed by atoms with Gasteiger partial charge in [0.1, 0.15) is 5.75 Å². The van der Waals surface area contributed by atoms with Gasteiger partial charge >= 0.3 is 0 Å². The van der Waals surface area contributed by atoms with Crippen molar-refractivity contribution in [3.63, 3.8) is 0 Å². The number of aryl methyl sites for hydroxylation is 1. The molecule has 0 atom stereocenters. The first-order valence-electron chi connectivity index (χ1n) is 10.0. The molecule has 2 N–H and O–H groups in total. The van der Waals surface area contributed by atoms with E-state index in [-0.39, 0.29) is 11.7 Å². The van der Waals surface area contributed by atoms with Gasteiger partial charge in [0.05, 0.1) is 24.3 Å². The summed E-state index contributed by atoms with van der Waals surface area (Å²) in [5, 5.41) is 13.7. The Morgan fingerprint density at radius 2 is 1.83 bits per heavy atom. The summed E-state index contributed by atoms with van der Waals surface area (Å²) < 4.78 is 7.35. The number of phenolic OH excluding ortho intramolecular Hbond substituents is 1. The first-order valence-corrected chi connectivity index (χ1v) is 10.0. The fraction of sp³-hybridized carbons (Fsp3) is 0.318. The summed E-state index contributed by atoms with van der Waals surface area (Å²) in [6.45, 7) is 2.99.